The molecule has 0 N–H and O–H groups in total. The average Bonchev–Trinajstić information content (AvgIpc) is 2.67. The molecule has 5 nitrogen and oxygen atoms in total. The number of esters is 2. The molecule has 0 radical (unpaired) electrons. The lowest BCUT2D eigenvalue weighted by molar-refractivity contribution is -0.161. The summed E-state index contributed by atoms with van der Waals surface area (Å²) in [5.41, 5.74) is 1.25. The Bertz CT molecular complexity index is 766. The predicted octanol–water partition coefficient (Wildman–Crippen LogP) is 4.83. The van der Waals surface area contributed by atoms with Crippen molar-refractivity contribution >= 4 is 22.7 Å². The van der Waals surface area contributed by atoms with E-state index in [1.165, 1.54) is 16.3 Å². The van der Waals surface area contributed by atoms with Gasteiger partial charge in [0, 0.05) is 0 Å². The van der Waals surface area contributed by atoms with Gasteiger partial charge in [0.2, 0.25) is 0 Å². The van der Waals surface area contributed by atoms with Gasteiger partial charge in [0.25, 0.3) is 0 Å². The third kappa shape index (κ3) is 6.25. The Labute approximate surface area is 167 Å². The zero-order chi connectivity index (χ0) is 20.4. The lowest BCUT2D eigenvalue weighted by Gasteiger charge is -2.14. The SMILES string of the molecule is CCOC(=O)C(CCCCCOc1ccc2c(C)cccc2c1)C(=O)OCC. The Hall–Kier alpha value is -2.56. The highest BCUT2D eigenvalue weighted by Crippen LogP contribution is 2.23. The second-order valence-electron chi connectivity index (χ2n) is 6.71. The minimum atomic E-state index is -0.829. The number of ether oxygens (including phenoxy) is 3. The summed E-state index contributed by atoms with van der Waals surface area (Å²) >= 11 is 0. The van der Waals surface area contributed by atoms with E-state index in [4.69, 9.17) is 14.2 Å². The number of carbonyl (C=O) groups excluding carboxylic acids is 2. The Morgan fingerprint density at radius 3 is 2.32 bits per heavy atom. The van der Waals surface area contributed by atoms with Crippen LogP contribution >= 0.6 is 0 Å². The summed E-state index contributed by atoms with van der Waals surface area (Å²) in [6, 6.07) is 12.4. The average molecular weight is 386 g/mol. The molecule has 0 aromatic heterocycles. The van der Waals surface area contributed by atoms with E-state index >= 15 is 0 Å². The number of carbonyl (C=O) groups is 2. The van der Waals surface area contributed by atoms with Crippen LogP contribution in [0.5, 0.6) is 5.75 Å². The summed E-state index contributed by atoms with van der Waals surface area (Å²) in [5, 5.41) is 2.41. The van der Waals surface area contributed by atoms with Gasteiger partial charge in [0.05, 0.1) is 19.8 Å². The minimum absolute atomic E-state index is 0.258. The maximum atomic E-state index is 11.9. The molecule has 0 saturated heterocycles. The van der Waals surface area contributed by atoms with Crippen molar-refractivity contribution in [2.75, 3.05) is 19.8 Å². The van der Waals surface area contributed by atoms with Crippen LogP contribution in [0.25, 0.3) is 10.8 Å². The van der Waals surface area contributed by atoms with Gasteiger partial charge in [-0.25, -0.2) is 0 Å². The quantitative estimate of drug-likeness (QED) is 0.314. The van der Waals surface area contributed by atoms with Gasteiger partial charge in [-0.3, -0.25) is 9.59 Å². The number of fused-ring (bicyclic) bond motifs is 1. The number of unbranched alkanes of at least 4 members (excludes halogenated alkanes) is 2. The van der Waals surface area contributed by atoms with Crippen LogP contribution in [0.1, 0.15) is 45.1 Å². The maximum Gasteiger partial charge on any atom is 0.320 e. The van der Waals surface area contributed by atoms with E-state index in [-0.39, 0.29) is 13.2 Å². The van der Waals surface area contributed by atoms with Crippen LogP contribution in [0.4, 0.5) is 0 Å². The molecule has 28 heavy (non-hydrogen) atoms. The topological polar surface area (TPSA) is 61.8 Å². The van der Waals surface area contributed by atoms with Crippen molar-refractivity contribution in [3.05, 3.63) is 42.0 Å². The van der Waals surface area contributed by atoms with E-state index in [0.717, 1.165) is 25.0 Å². The Morgan fingerprint density at radius 1 is 0.929 bits per heavy atom. The molecule has 2 rings (SSSR count). The molecule has 0 aliphatic heterocycles. The van der Waals surface area contributed by atoms with Gasteiger partial charge < -0.3 is 14.2 Å². The smallest absolute Gasteiger partial charge is 0.320 e. The first-order chi connectivity index (χ1) is 13.6. The molecular formula is C23H30O5. The summed E-state index contributed by atoms with van der Waals surface area (Å²) in [7, 11) is 0. The van der Waals surface area contributed by atoms with Crippen molar-refractivity contribution in [2.45, 2.75) is 46.5 Å². The lowest BCUT2D eigenvalue weighted by Crippen LogP contribution is -2.28. The standard InChI is InChI=1S/C23H30O5/c1-4-26-22(24)21(23(25)27-5-2)12-7-6-8-15-28-19-13-14-20-17(3)10-9-11-18(20)16-19/h9-11,13-14,16,21H,4-8,12,15H2,1-3H3. The highest BCUT2D eigenvalue weighted by Gasteiger charge is 2.28. The first-order valence-electron chi connectivity index (χ1n) is 10.0. The molecule has 5 heteroatoms. The summed E-state index contributed by atoms with van der Waals surface area (Å²) in [6.45, 7) is 6.67. The molecular weight excluding hydrogens is 356 g/mol. The zero-order valence-corrected chi connectivity index (χ0v) is 17.0. The van der Waals surface area contributed by atoms with Gasteiger partial charge in [-0.1, -0.05) is 37.1 Å². The molecule has 2 aromatic carbocycles. The molecule has 0 heterocycles. The third-order valence-electron chi connectivity index (χ3n) is 4.62. The molecule has 0 amide bonds. The molecule has 0 aliphatic carbocycles. The van der Waals surface area contributed by atoms with Crippen LogP contribution in [0, 0.1) is 12.8 Å². The molecule has 0 atom stereocenters. The molecule has 0 saturated carbocycles. The van der Waals surface area contributed by atoms with E-state index in [2.05, 4.69) is 31.2 Å². The first kappa shape index (κ1) is 21.7. The third-order valence-corrected chi connectivity index (χ3v) is 4.62. The van der Waals surface area contributed by atoms with Crippen molar-refractivity contribution < 1.29 is 23.8 Å². The fourth-order valence-corrected chi connectivity index (χ4v) is 3.15. The number of rotatable bonds is 11. The summed E-state index contributed by atoms with van der Waals surface area (Å²) < 4.78 is 15.8. The van der Waals surface area contributed by atoms with Crippen molar-refractivity contribution in [3.63, 3.8) is 0 Å². The predicted molar refractivity (Wildman–Crippen MR) is 109 cm³/mol. The number of hydrogen-bond donors (Lipinski definition) is 0. The molecule has 0 spiro atoms. The normalized spacial score (nSPS) is 10.9. The van der Waals surface area contributed by atoms with Crippen molar-refractivity contribution in [3.8, 4) is 5.75 Å². The van der Waals surface area contributed by atoms with Crippen LogP contribution < -0.4 is 4.74 Å². The molecule has 0 aliphatic rings. The van der Waals surface area contributed by atoms with Crippen LogP contribution in [-0.2, 0) is 19.1 Å². The summed E-state index contributed by atoms with van der Waals surface area (Å²) in [4.78, 5) is 23.9. The zero-order valence-electron chi connectivity index (χ0n) is 17.0. The van der Waals surface area contributed by atoms with E-state index in [0.29, 0.717) is 13.0 Å². The van der Waals surface area contributed by atoms with Gasteiger partial charge in [0.15, 0.2) is 5.92 Å². The van der Waals surface area contributed by atoms with Crippen molar-refractivity contribution in [1.29, 1.82) is 0 Å². The summed E-state index contributed by atoms with van der Waals surface area (Å²) in [6.07, 6.45) is 2.89. The highest BCUT2D eigenvalue weighted by atomic mass is 16.6. The van der Waals surface area contributed by atoms with Gasteiger partial charge in [-0.2, -0.15) is 0 Å². The maximum absolute atomic E-state index is 11.9. The van der Waals surface area contributed by atoms with Crippen LogP contribution in [0.15, 0.2) is 36.4 Å². The number of hydrogen-bond acceptors (Lipinski definition) is 5. The van der Waals surface area contributed by atoms with Gasteiger partial charge >= 0.3 is 11.9 Å². The number of aryl methyl sites for hydroxylation is 1. The Balaban J connectivity index is 1.75. The molecule has 0 bridgehead atoms. The van der Waals surface area contributed by atoms with E-state index < -0.39 is 17.9 Å². The Morgan fingerprint density at radius 2 is 1.64 bits per heavy atom. The fraction of sp³-hybridized carbons (Fsp3) is 0.478. The Kier molecular flexibility index (Phi) is 8.79. The fourth-order valence-electron chi connectivity index (χ4n) is 3.15. The molecule has 0 unspecified atom stereocenters. The second kappa shape index (κ2) is 11.3. The first-order valence-corrected chi connectivity index (χ1v) is 10.0. The monoisotopic (exact) mass is 386 g/mol. The van der Waals surface area contributed by atoms with Crippen LogP contribution in [-0.4, -0.2) is 31.8 Å². The summed E-state index contributed by atoms with van der Waals surface area (Å²) in [5.74, 6) is -0.967. The highest BCUT2D eigenvalue weighted by molar-refractivity contribution is 5.94. The van der Waals surface area contributed by atoms with E-state index in [9.17, 15) is 9.59 Å². The molecule has 152 valence electrons. The van der Waals surface area contributed by atoms with Crippen molar-refractivity contribution in [1.82, 2.24) is 0 Å². The van der Waals surface area contributed by atoms with Gasteiger partial charge in [-0.15, -0.1) is 0 Å². The molecule has 2 aromatic rings. The number of benzene rings is 2. The van der Waals surface area contributed by atoms with Crippen molar-refractivity contribution in [2.24, 2.45) is 5.92 Å². The van der Waals surface area contributed by atoms with Gasteiger partial charge in [0.1, 0.15) is 5.75 Å². The van der Waals surface area contributed by atoms with E-state index in [1.807, 2.05) is 12.1 Å². The van der Waals surface area contributed by atoms with Gasteiger partial charge in [-0.05, 0) is 62.1 Å². The second-order valence-corrected chi connectivity index (χ2v) is 6.71. The lowest BCUT2D eigenvalue weighted by atomic mass is 10.0. The minimum Gasteiger partial charge on any atom is -0.494 e. The van der Waals surface area contributed by atoms with E-state index in [1.54, 1.807) is 13.8 Å². The van der Waals surface area contributed by atoms with Crippen LogP contribution in [0.2, 0.25) is 0 Å². The molecule has 0 fully saturated rings. The largest absolute Gasteiger partial charge is 0.494 e. The van der Waals surface area contributed by atoms with Crippen LogP contribution in [0.3, 0.4) is 0 Å².